The molecule has 4 nitrogen and oxygen atoms in total. The SMILES string of the molecule is CC1(C)c2ccccc2-c2cc3ccc4ccc(-c5nc(-c6ccccc6)nc(-c6ccc7oc8ccccc8c7c6)n5)cc4c3cc21. The highest BCUT2D eigenvalue weighted by Crippen LogP contribution is 2.50. The second kappa shape index (κ2) is 9.93. The minimum atomic E-state index is -0.0744. The van der Waals surface area contributed by atoms with E-state index in [4.69, 9.17) is 19.4 Å². The van der Waals surface area contributed by atoms with Crippen molar-refractivity contribution in [2.24, 2.45) is 0 Å². The van der Waals surface area contributed by atoms with E-state index in [0.717, 1.165) is 38.6 Å². The minimum Gasteiger partial charge on any atom is -0.456 e. The van der Waals surface area contributed by atoms with Crippen LogP contribution < -0.4 is 0 Å². The molecular weight excluding hydrogens is 587 g/mol. The summed E-state index contributed by atoms with van der Waals surface area (Å²) in [5.41, 5.74) is 9.86. The van der Waals surface area contributed by atoms with Gasteiger partial charge in [-0.2, -0.15) is 0 Å². The number of benzene rings is 7. The van der Waals surface area contributed by atoms with Gasteiger partial charge in [0.15, 0.2) is 17.5 Å². The summed E-state index contributed by atoms with van der Waals surface area (Å²) in [6.07, 6.45) is 0. The monoisotopic (exact) mass is 615 g/mol. The Hall–Kier alpha value is -6.13. The summed E-state index contributed by atoms with van der Waals surface area (Å²) in [7, 11) is 0. The van der Waals surface area contributed by atoms with Gasteiger partial charge in [-0.1, -0.05) is 111 Å². The number of hydrogen-bond acceptors (Lipinski definition) is 4. The van der Waals surface area contributed by atoms with Gasteiger partial charge in [0, 0.05) is 32.9 Å². The molecule has 0 radical (unpaired) electrons. The van der Waals surface area contributed by atoms with Gasteiger partial charge in [-0.15, -0.1) is 0 Å². The number of para-hydroxylation sites is 1. The van der Waals surface area contributed by atoms with E-state index in [9.17, 15) is 0 Å². The maximum Gasteiger partial charge on any atom is 0.164 e. The Morgan fingerprint density at radius 1 is 0.417 bits per heavy atom. The van der Waals surface area contributed by atoms with Crippen molar-refractivity contribution < 1.29 is 4.42 Å². The molecule has 4 heteroatoms. The van der Waals surface area contributed by atoms with Crippen molar-refractivity contribution in [1.29, 1.82) is 0 Å². The van der Waals surface area contributed by atoms with Crippen LogP contribution >= 0.6 is 0 Å². The van der Waals surface area contributed by atoms with Crippen LogP contribution in [0.3, 0.4) is 0 Å². The van der Waals surface area contributed by atoms with Gasteiger partial charge in [0.1, 0.15) is 11.2 Å². The number of nitrogens with zero attached hydrogens (tertiary/aromatic N) is 3. The molecule has 0 saturated heterocycles. The van der Waals surface area contributed by atoms with Crippen molar-refractivity contribution in [3.05, 3.63) is 151 Å². The highest BCUT2D eigenvalue weighted by Gasteiger charge is 2.35. The van der Waals surface area contributed by atoms with Crippen LogP contribution in [0.25, 0.3) is 88.8 Å². The molecule has 0 aliphatic heterocycles. The van der Waals surface area contributed by atoms with Crippen molar-refractivity contribution in [3.8, 4) is 45.3 Å². The lowest BCUT2D eigenvalue weighted by atomic mass is 9.81. The van der Waals surface area contributed by atoms with Crippen LogP contribution in [0, 0.1) is 0 Å². The van der Waals surface area contributed by atoms with E-state index >= 15 is 0 Å². The number of furan rings is 1. The second-order valence-electron chi connectivity index (χ2n) is 13.3. The lowest BCUT2D eigenvalue weighted by molar-refractivity contribution is 0.661. The van der Waals surface area contributed by atoms with Crippen molar-refractivity contribution in [1.82, 2.24) is 15.0 Å². The first-order valence-electron chi connectivity index (χ1n) is 16.4. The van der Waals surface area contributed by atoms with E-state index in [2.05, 4.69) is 92.7 Å². The molecule has 0 spiro atoms. The normalized spacial score (nSPS) is 13.4. The van der Waals surface area contributed by atoms with Gasteiger partial charge in [0.2, 0.25) is 0 Å². The van der Waals surface area contributed by atoms with Crippen molar-refractivity contribution in [2.45, 2.75) is 19.3 Å². The summed E-state index contributed by atoms with van der Waals surface area (Å²) in [6, 6.07) is 49.1. The molecule has 0 saturated carbocycles. The average Bonchev–Trinajstić information content (AvgIpc) is 3.62. The first-order chi connectivity index (χ1) is 23.5. The molecule has 226 valence electrons. The fraction of sp³-hybridized carbons (Fsp3) is 0.0682. The molecule has 2 aromatic heterocycles. The Bertz CT molecular complexity index is 2760. The maximum absolute atomic E-state index is 6.11. The zero-order valence-corrected chi connectivity index (χ0v) is 26.5. The van der Waals surface area contributed by atoms with Gasteiger partial charge in [-0.3, -0.25) is 0 Å². The highest BCUT2D eigenvalue weighted by atomic mass is 16.3. The third-order valence-corrected chi connectivity index (χ3v) is 10.1. The van der Waals surface area contributed by atoms with Crippen molar-refractivity contribution >= 4 is 43.5 Å². The zero-order valence-electron chi connectivity index (χ0n) is 26.5. The first kappa shape index (κ1) is 27.0. The van der Waals surface area contributed by atoms with E-state index < -0.39 is 0 Å². The molecular formula is C44H29N3O. The predicted molar refractivity (Wildman–Crippen MR) is 196 cm³/mol. The predicted octanol–water partition coefficient (Wildman–Crippen LogP) is 11.4. The lowest BCUT2D eigenvalue weighted by Crippen LogP contribution is -2.14. The van der Waals surface area contributed by atoms with E-state index in [1.165, 1.54) is 43.8 Å². The summed E-state index contributed by atoms with van der Waals surface area (Å²) in [6.45, 7) is 4.67. The van der Waals surface area contributed by atoms with E-state index in [1.54, 1.807) is 0 Å². The Morgan fingerprint density at radius 3 is 1.85 bits per heavy atom. The molecule has 0 unspecified atom stereocenters. The summed E-state index contributed by atoms with van der Waals surface area (Å²) in [5, 5.41) is 6.97. The second-order valence-corrected chi connectivity index (χ2v) is 13.3. The fourth-order valence-electron chi connectivity index (χ4n) is 7.60. The molecule has 2 heterocycles. The van der Waals surface area contributed by atoms with E-state index in [0.29, 0.717) is 17.5 Å². The molecule has 1 aliphatic rings. The molecule has 9 aromatic rings. The average molecular weight is 616 g/mol. The van der Waals surface area contributed by atoms with Gasteiger partial charge in [0.05, 0.1) is 0 Å². The van der Waals surface area contributed by atoms with Gasteiger partial charge >= 0.3 is 0 Å². The number of rotatable bonds is 3. The molecule has 0 atom stereocenters. The number of aromatic nitrogens is 3. The van der Waals surface area contributed by atoms with Crippen molar-refractivity contribution in [3.63, 3.8) is 0 Å². The van der Waals surface area contributed by atoms with Crippen LogP contribution in [-0.4, -0.2) is 15.0 Å². The van der Waals surface area contributed by atoms with Crippen LogP contribution in [0.1, 0.15) is 25.0 Å². The first-order valence-corrected chi connectivity index (χ1v) is 16.4. The largest absolute Gasteiger partial charge is 0.456 e. The molecule has 0 N–H and O–H groups in total. The van der Waals surface area contributed by atoms with Crippen LogP contribution in [0.15, 0.2) is 144 Å². The molecule has 48 heavy (non-hydrogen) atoms. The molecule has 1 aliphatic carbocycles. The van der Waals surface area contributed by atoms with E-state index in [1.807, 2.05) is 60.7 Å². The standard InChI is InChI=1S/C44H29N3O/c1-44(2)37-14-8-6-12-31(37)35-22-28-18-16-26-17-19-29(23-33(26)34(28)25-38(35)44)42-45-41(27-10-4-3-5-11-27)46-43(47-42)30-20-21-40-36(24-30)32-13-7-9-15-39(32)48-40/h3-25H,1-2H3. The molecule has 7 aromatic carbocycles. The topological polar surface area (TPSA) is 51.8 Å². The summed E-state index contributed by atoms with van der Waals surface area (Å²) in [4.78, 5) is 15.2. The van der Waals surface area contributed by atoms with Gasteiger partial charge in [-0.05, 0) is 86.3 Å². The smallest absolute Gasteiger partial charge is 0.164 e. The minimum absolute atomic E-state index is 0.0744. The molecule has 0 fully saturated rings. The Labute approximate surface area is 277 Å². The quantitative estimate of drug-likeness (QED) is 0.186. The van der Waals surface area contributed by atoms with Crippen LogP contribution in [-0.2, 0) is 5.41 Å². The Balaban J connectivity index is 1.17. The van der Waals surface area contributed by atoms with Gasteiger partial charge < -0.3 is 4.42 Å². The summed E-state index contributed by atoms with van der Waals surface area (Å²) in [5.74, 6) is 1.91. The van der Waals surface area contributed by atoms with E-state index in [-0.39, 0.29) is 5.41 Å². The third-order valence-electron chi connectivity index (χ3n) is 10.1. The van der Waals surface area contributed by atoms with Crippen molar-refractivity contribution in [2.75, 3.05) is 0 Å². The number of fused-ring (bicyclic) bond motifs is 9. The van der Waals surface area contributed by atoms with Gasteiger partial charge in [-0.25, -0.2) is 15.0 Å². The lowest BCUT2D eigenvalue weighted by Gasteiger charge is -2.22. The highest BCUT2D eigenvalue weighted by molar-refractivity contribution is 6.11. The summed E-state index contributed by atoms with van der Waals surface area (Å²) >= 11 is 0. The maximum atomic E-state index is 6.11. The summed E-state index contributed by atoms with van der Waals surface area (Å²) < 4.78 is 6.11. The third kappa shape index (κ3) is 3.99. The fourth-order valence-corrected chi connectivity index (χ4v) is 7.60. The molecule has 10 rings (SSSR count). The number of hydrogen-bond donors (Lipinski definition) is 0. The van der Waals surface area contributed by atoms with Crippen LogP contribution in [0.4, 0.5) is 0 Å². The van der Waals surface area contributed by atoms with Gasteiger partial charge in [0.25, 0.3) is 0 Å². The van der Waals surface area contributed by atoms with Crippen LogP contribution in [0.5, 0.6) is 0 Å². The molecule has 0 bridgehead atoms. The zero-order chi connectivity index (χ0) is 32.0. The molecule has 0 amide bonds. The Morgan fingerprint density at radius 2 is 1.02 bits per heavy atom. The Kier molecular flexibility index (Phi) is 5.59. The van der Waals surface area contributed by atoms with Crippen LogP contribution in [0.2, 0.25) is 0 Å².